The fourth-order valence-corrected chi connectivity index (χ4v) is 5.48. The Labute approximate surface area is 168 Å². The second-order valence-corrected chi connectivity index (χ2v) is 9.21. The van der Waals surface area contributed by atoms with Crippen molar-refractivity contribution in [2.45, 2.75) is 51.0 Å². The van der Waals surface area contributed by atoms with E-state index in [0.29, 0.717) is 18.7 Å². The summed E-state index contributed by atoms with van der Waals surface area (Å²) in [5.74, 6) is -0.185. The quantitative estimate of drug-likeness (QED) is 0.755. The average Bonchev–Trinajstić information content (AvgIpc) is 2.69. The predicted molar refractivity (Wildman–Crippen MR) is 112 cm³/mol. The molecule has 2 aromatic carbocycles. The summed E-state index contributed by atoms with van der Waals surface area (Å²) >= 11 is 0. The molecule has 0 aromatic heterocycles. The van der Waals surface area contributed by atoms with Gasteiger partial charge in [-0.1, -0.05) is 30.7 Å². The first-order valence-electron chi connectivity index (χ1n) is 9.85. The Balaban J connectivity index is 1.98. The standard InChI is InChI=1S/C22H28N2O3S/c1-4-23(19-11-6-5-7-12-19)22(25)21-16-20(14-13-17(21)2)28(26,27)24-15-9-8-10-18(24)3/h5-7,11-14,16,18H,4,8-10,15H2,1-3H3. The van der Waals surface area contributed by atoms with Crippen molar-refractivity contribution in [3.8, 4) is 0 Å². The molecule has 3 rings (SSSR count). The maximum Gasteiger partial charge on any atom is 0.258 e. The number of hydrogen-bond donors (Lipinski definition) is 0. The highest BCUT2D eigenvalue weighted by Gasteiger charge is 2.32. The van der Waals surface area contributed by atoms with Gasteiger partial charge in [-0.05, 0) is 63.4 Å². The largest absolute Gasteiger partial charge is 0.309 e. The summed E-state index contributed by atoms with van der Waals surface area (Å²) < 4.78 is 28.0. The van der Waals surface area contributed by atoms with Gasteiger partial charge in [0.05, 0.1) is 4.90 Å². The van der Waals surface area contributed by atoms with Gasteiger partial charge in [-0.15, -0.1) is 0 Å². The monoisotopic (exact) mass is 400 g/mol. The van der Waals surface area contributed by atoms with Crippen LogP contribution in [0.25, 0.3) is 0 Å². The molecule has 1 unspecified atom stereocenters. The predicted octanol–water partition coefficient (Wildman–Crippen LogP) is 4.22. The molecule has 1 saturated heterocycles. The van der Waals surface area contributed by atoms with Crippen LogP contribution >= 0.6 is 0 Å². The van der Waals surface area contributed by atoms with Crippen LogP contribution in [0.2, 0.25) is 0 Å². The van der Waals surface area contributed by atoms with E-state index < -0.39 is 10.0 Å². The molecule has 0 N–H and O–H groups in total. The number of carbonyl (C=O) groups is 1. The van der Waals surface area contributed by atoms with Crippen LogP contribution in [-0.4, -0.2) is 37.8 Å². The van der Waals surface area contributed by atoms with Crippen LogP contribution in [0, 0.1) is 6.92 Å². The van der Waals surface area contributed by atoms with Crippen LogP contribution < -0.4 is 4.90 Å². The molecule has 5 nitrogen and oxygen atoms in total. The van der Waals surface area contributed by atoms with Gasteiger partial charge in [0.25, 0.3) is 5.91 Å². The zero-order valence-electron chi connectivity index (χ0n) is 16.8. The molecule has 2 aromatic rings. The number of sulfonamides is 1. The molecule has 0 saturated carbocycles. The molecule has 0 spiro atoms. The number of benzene rings is 2. The first-order chi connectivity index (χ1) is 13.4. The lowest BCUT2D eigenvalue weighted by atomic mass is 10.1. The fraction of sp³-hybridized carbons (Fsp3) is 0.409. The number of aryl methyl sites for hydroxylation is 1. The number of nitrogens with zero attached hydrogens (tertiary/aromatic N) is 2. The van der Waals surface area contributed by atoms with E-state index in [4.69, 9.17) is 0 Å². The van der Waals surface area contributed by atoms with E-state index in [2.05, 4.69) is 0 Å². The highest BCUT2D eigenvalue weighted by molar-refractivity contribution is 7.89. The van der Waals surface area contributed by atoms with Gasteiger partial charge in [0.1, 0.15) is 0 Å². The van der Waals surface area contributed by atoms with Crippen LogP contribution in [0.4, 0.5) is 5.69 Å². The average molecular weight is 401 g/mol. The Morgan fingerprint density at radius 2 is 1.86 bits per heavy atom. The van der Waals surface area contributed by atoms with Gasteiger partial charge >= 0.3 is 0 Å². The Hall–Kier alpha value is -2.18. The van der Waals surface area contributed by atoms with Gasteiger partial charge in [0.2, 0.25) is 10.0 Å². The minimum absolute atomic E-state index is 0.0179. The van der Waals surface area contributed by atoms with Crippen LogP contribution in [0.1, 0.15) is 49.0 Å². The fourth-order valence-electron chi connectivity index (χ4n) is 3.75. The summed E-state index contributed by atoms with van der Waals surface area (Å²) in [4.78, 5) is 15.1. The molecular weight excluding hydrogens is 372 g/mol. The van der Waals surface area contributed by atoms with Crippen molar-refractivity contribution in [1.29, 1.82) is 0 Å². The summed E-state index contributed by atoms with van der Waals surface area (Å²) in [6, 6.07) is 14.3. The minimum atomic E-state index is -3.62. The molecule has 28 heavy (non-hydrogen) atoms. The zero-order chi connectivity index (χ0) is 20.3. The van der Waals surface area contributed by atoms with Crippen molar-refractivity contribution in [2.75, 3.05) is 18.0 Å². The Morgan fingerprint density at radius 3 is 2.50 bits per heavy atom. The molecule has 1 heterocycles. The van der Waals surface area contributed by atoms with E-state index >= 15 is 0 Å². The Morgan fingerprint density at radius 1 is 1.14 bits per heavy atom. The van der Waals surface area contributed by atoms with Crippen molar-refractivity contribution in [3.63, 3.8) is 0 Å². The molecule has 1 fully saturated rings. The normalized spacial score (nSPS) is 18.0. The summed E-state index contributed by atoms with van der Waals surface area (Å²) in [5.41, 5.74) is 1.99. The first-order valence-corrected chi connectivity index (χ1v) is 11.3. The SMILES string of the molecule is CCN(C(=O)c1cc(S(=O)(=O)N2CCCCC2C)ccc1C)c1ccccc1. The smallest absolute Gasteiger partial charge is 0.258 e. The highest BCUT2D eigenvalue weighted by Crippen LogP contribution is 2.27. The van der Waals surface area contributed by atoms with Gasteiger partial charge < -0.3 is 4.90 Å². The van der Waals surface area contributed by atoms with E-state index in [9.17, 15) is 13.2 Å². The van der Waals surface area contributed by atoms with Crippen LogP contribution in [0.5, 0.6) is 0 Å². The van der Waals surface area contributed by atoms with E-state index in [1.54, 1.807) is 27.4 Å². The third-order valence-electron chi connectivity index (χ3n) is 5.42. The number of rotatable bonds is 5. The summed E-state index contributed by atoms with van der Waals surface area (Å²) in [7, 11) is -3.62. The van der Waals surface area contributed by atoms with E-state index in [1.165, 1.54) is 0 Å². The lowest BCUT2D eigenvalue weighted by molar-refractivity contribution is 0.0987. The second-order valence-electron chi connectivity index (χ2n) is 7.32. The maximum absolute atomic E-state index is 13.2. The number of amides is 1. The van der Waals surface area contributed by atoms with Crippen molar-refractivity contribution in [1.82, 2.24) is 4.31 Å². The summed E-state index contributed by atoms with van der Waals surface area (Å²) in [6.07, 6.45) is 2.79. The van der Waals surface area contributed by atoms with Crippen LogP contribution in [0.3, 0.4) is 0 Å². The summed E-state index contributed by atoms with van der Waals surface area (Å²) in [5, 5.41) is 0. The topological polar surface area (TPSA) is 57.7 Å². The number of piperidine rings is 1. The number of carbonyl (C=O) groups excluding carboxylic acids is 1. The lowest BCUT2D eigenvalue weighted by Crippen LogP contribution is -2.42. The molecular formula is C22H28N2O3S. The van der Waals surface area contributed by atoms with Gasteiger partial charge in [-0.2, -0.15) is 4.31 Å². The van der Waals surface area contributed by atoms with Gasteiger partial charge in [0, 0.05) is 30.4 Å². The Kier molecular flexibility index (Phi) is 6.20. The number of para-hydroxylation sites is 1. The molecule has 1 amide bonds. The molecule has 0 aliphatic carbocycles. The molecule has 0 bridgehead atoms. The van der Waals surface area contributed by atoms with E-state index in [-0.39, 0.29) is 16.8 Å². The third kappa shape index (κ3) is 3.98. The van der Waals surface area contributed by atoms with Crippen LogP contribution in [0.15, 0.2) is 53.4 Å². The first kappa shape index (κ1) is 20.6. The van der Waals surface area contributed by atoms with Crippen molar-refractivity contribution in [2.24, 2.45) is 0 Å². The van der Waals surface area contributed by atoms with Gasteiger partial charge in [0.15, 0.2) is 0 Å². The van der Waals surface area contributed by atoms with Crippen molar-refractivity contribution < 1.29 is 13.2 Å². The van der Waals surface area contributed by atoms with E-state index in [1.807, 2.05) is 51.1 Å². The minimum Gasteiger partial charge on any atom is -0.309 e. The zero-order valence-corrected chi connectivity index (χ0v) is 17.6. The van der Waals surface area contributed by atoms with E-state index in [0.717, 1.165) is 30.5 Å². The highest BCUT2D eigenvalue weighted by atomic mass is 32.2. The molecule has 6 heteroatoms. The second kappa shape index (κ2) is 8.45. The van der Waals surface area contributed by atoms with Crippen molar-refractivity contribution in [3.05, 3.63) is 59.7 Å². The molecule has 1 aliphatic heterocycles. The maximum atomic E-state index is 13.2. The van der Waals surface area contributed by atoms with Gasteiger partial charge in [-0.3, -0.25) is 4.79 Å². The van der Waals surface area contributed by atoms with Crippen LogP contribution in [-0.2, 0) is 10.0 Å². The number of hydrogen-bond acceptors (Lipinski definition) is 3. The lowest BCUT2D eigenvalue weighted by Gasteiger charge is -2.32. The Bertz CT molecular complexity index is 942. The molecule has 0 radical (unpaired) electrons. The number of anilines is 1. The molecule has 150 valence electrons. The summed E-state index contributed by atoms with van der Waals surface area (Å²) in [6.45, 7) is 6.74. The van der Waals surface area contributed by atoms with Crippen molar-refractivity contribution >= 4 is 21.6 Å². The molecule has 1 atom stereocenters. The third-order valence-corrected chi connectivity index (χ3v) is 7.43. The van der Waals surface area contributed by atoms with Gasteiger partial charge in [-0.25, -0.2) is 8.42 Å². The molecule has 1 aliphatic rings.